The fourth-order valence-corrected chi connectivity index (χ4v) is 3.95. The molecule has 146 valence electrons. The average molecular weight is 411 g/mol. The first-order valence-electron chi connectivity index (χ1n) is 8.06. The second-order valence-corrected chi connectivity index (χ2v) is 10.5. The molecule has 0 radical (unpaired) electrons. The van der Waals surface area contributed by atoms with Crippen molar-refractivity contribution in [3.8, 4) is 0 Å². The number of nitrogens with zero attached hydrogens (tertiary/aromatic N) is 1. The van der Waals surface area contributed by atoms with Crippen molar-refractivity contribution >= 4 is 25.8 Å². The summed E-state index contributed by atoms with van der Waals surface area (Å²) < 4.78 is 48.5. The van der Waals surface area contributed by atoms with E-state index in [9.17, 15) is 21.6 Å². The number of benzene rings is 2. The van der Waals surface area contributed by atoms with E-state index >= 15 is 0 Å². The topological polar surface area (TPSA) is 101 Å². The van der Waals surface area contributed by atoms with Crippen LogP contribution >= 0.6 is 0 Å². The fraction of sp³-hybridized carbons (Fsp3) is 0.278. The molecular weight excluding hydrogens is 388 g/mol. The van der Waals surface area contributed by atoms with Crippen LogP contribution in [0.1, 0.15) is 28.9 Å². The molecule has 2 aromatic rings. The number of amides is 1. The Kier molecular flexibility index (Phi) is 6.08. The highest BCUT2D eigenvalue weighted by molar-refractivity contribution is 7.90. The maximum atomic E-state index is 12.5. The van der Waals surface area contributed by atoms with E-state index < -0.39 is 25.8 Å². The zero-order chi connectivity index (χ0) is 20.4. The van der Waals surface area contributed by atoms with Gasteiger partial charge in [0, 0.05) is 25.9 Å². The van der Waals surface area contributed by atoms with E-state index in [0.29, 0.717) is 0 Å². The Bertz CT molecular complexity index is 1040. The van der Waals surface area contributed by atoms with Crippen molar-refractivity contribution in [3.05, 3.63) is 59.7 Å². The summed E-state index contributed by atoms with van der Waals surface area (Å²) in [6, 6.07) is 11.6. The maximum Gasteiger partial charge on any atom is 0.251 e. The molecule has 1 unspecified atom stereocenters. The Morgan fingerprint density at radius 2 is 1.56 bits per heavy atom. The van der Waals surface area contributed by atoms with Crippen LogP contribution < -0.4 is 5.32 Å². The van der Waals surface area contributed by atoms with Gasteiger partial charge in [0.25, 0.3) is 5.91 Å². The number of sulfonamides is 1. The number of nitrogens with one attached hydrogen (secondary N) is 1. The number of rotatable bonds is 6. The van der Waals surface area contributed by atoms with Crippen molar-refractivity contribution < 1.29 is 21.6 Å². The average Bonchev–Trinajstić information content (AvgIpc) is 2.61. The van der Waals surface area contributed by atoms with Crippen molar-refractivity contribution in [2.45, 2.75) is 22.8 Å². The molecule has 1 atom stereocenters. The van der Waals surface area contributed by atoms with Crippen LogP contribution in [-0.2, 0) is 19.9 Å². The highest BCUT2D eigenvalue weighted by Gasteiger charge is 2.19. The minimum Gasteiger partial charge on any atom is -0.346 e. The predicted octanol–water partition coefficient (Wildman–Crippen LogP) is 1.83. The van der Waals surface area contributed by atoms with E-state index in [1.54, 1.807) is 19.1 Å². The summed E-state index contributed by atoms with van der Waals surface area (Å²) in [5, 5.41) is 2.78. The van der Waals surface area contributed by atoms with Crippen LogP contribution in [0.2, 0.25) is 0 Å². The minimum atomic E-state index is -3.64. The lowest BCUT2D eigenvalue weighted by Crippen LogP contribution is -2.27. The molecule has 0 aliphatic heterocycles. The van der Waals surface area contributed by atoms with E-state index in [1.165, 1.54) is 50.5 Å². The van der Waals surface area contributed by atoms with E-state index in [4.69, 9.17) is 0 Å². The number of carbonyl (C=O) groups excluding carboxylic acids is 1. The molecule has 0 bridgehead atoms. The molecule has 0 heterocycles. The Morgan fingerprint density at radius 1 is 0.963 bits per heavy atom. The molecule has 0 saturated carbocycles. The summed E-state index contributed by atoms with van der Waals surface area (Å²) in [7, 11) is -4.08. The summed E-state index contributed by atoms with van der Waals surface area (Å²) in [4.78, 5) is 12.7. The third-order valence-electron chi connectivity index (χ3n) is 4.03. The van der Waals surface area contributed by atoms with Gasteiger partial charge < -0.3 is 5.32 Å². The predicted molar refractivity (Wildman–Crippen MR) is 103 cm³/mol. The highest BCUT2D eigenvalue weighted by atomic mass is 32.2. The monoisotopic (exact) mass is 410 g/mol. The summed E-state index contributed by atoms with van der Waals surface area (Å²) in [6.07, 6.45) is 1.13. The molecule has 2 aromatic carbocycles. The SMILES string of the molecule is CC(NC(=O)c1cccc(S(=O)(=O)N(C)C)c1)c1ccc(S(C)(=O)=O)cc1. The molecule has 0 fully saturated rings. The van der Waals surface area contributed by atoms with E-state index in [-0.39, 0.29) is 21.4 Å². The Hall–Kier alpha value is -2.23. The molecule has 0 spiro atoms. The molecule has 2 rings (SSSR count). The standard InChI is InChI=1S/C18H22N2O5S2/c1-13(14-8-10-16(11-9-14)26(4,22)23)19-18(21)15-6-5-7-17(12-15)27(24,25)20(2)3/h5-13H,1-4H3,(H,19,21). The minimum absolute atomic E-state index is 0.0327. The van der Waals surface area contributed by atoms with Crippen molar-refractivity contribution in [1.29, 1.82) is 0 Å². The largest absolute Gasteiger partial charge is 0.346 e. The molecule has 1 N–H and O–H groups in total. The van der Waals surface area contributed by atoms with Gasteiger partial charge in [0.1, 0.15) is 0 Å². The number of hydrogen-bond donors (Lipinski definition) is 1. The van der Waals surface area contributed by atoms with Crippen LogP contribution in [0, 0.1) is 0 Å². The van der Waals surface area contributed by atoms with Gasteiger partial charge in [-0.05, 0) is 42.8 Å². The molecule has 0 saturated heterocycles. The lowest BCUT2D eigenvalue weighted by atomic mass is 10.1. The van der Waals surface area contributed by atoms with E-state index in [1.807, 2.05) is 0 Å². The molecule has 0 aromatic heterocycles. The van der Waals surface area contributed by atoms with Crippen LogP contribution in [0.4, 0.5) is 0 Å². The van der Waals surface area contributed by atoms with Gasteiger partial charge in [-0.2, -0.15) is 0 Å². The van der Waals surface area contributed by atoms with Gasteiger partial charge in [0.05, 0.1) is 15.8 Å². The van der Waals surface area contributed by atoms with Crippen molar-refractivity contribution in [3.63, 3.8) is 0 Å². The molecule has 1 amide bonds. The number of hydrogen-bond acceptors (Lipinski definition) is 5. The third-order valence-corrected chi connectivity index (χ3v) is 6.97. The Morgan fingerprint density at radius 3 is 2.07 bits per heavy atom. The molecule has 0 aliphatic carbocycles. The number of sulfone groups is 1. The second kappa shape index (κ2) is 7.79. The van der Waals surface area contributed by atoms with Gasteiger partial charge in [0.2, 0.25) is 10.0 Å². The van der Waals surface area contributed by atoms with Gasteiger partial charge in [-0.3, -0.25) is 4.79 Å². The number of carbonyl (C=O) groups is 1. The van der Waals surface area contributed by atoms with Crippen LogP contribution in [0.15, 0.2) is 58.3 Å². The van der Waals surface area contributed by atoms with Crippen LogP contribution in [0.3, 0.4) is 0 Å². The van der Waals surface area contributed by atoms with Crippen LogP contribution in [0.5, 0.6) is 0 Å². The van der Waals surface area contributed by atoms with E-state index in [2.05, 4.69) is 5.32 Å². The normalized spacial score (nSPS) is 13.4. The maximum absolute atomic E-state index is 12.5. The van der Waals surface area contributed by atoms with Crippen molar-refractivity contribution in [2.24, 2.45) is 0 Å². The second-order valence-electron chi connectivity index (χ2n) is 6.35. The summed E-state index contributed by atoms with van der Waals surface area (Å²) in [5.41, 5.74) is 0.949. The highest BCUT2D eigenvalue weighted by Crippen LogP contribution is 2.18. The third kappa shape index (κ3) is 4.94. The first kappa shape index (κ1) is 21.1. The molecule has 9 heteroatoms. The zero-order valence-corrected chi connectivity index (χ0v) is 17.1. The first-order chi connectivity index (χ1) is 12.4. The van der Waals surface area contributed by atoms with E-state index in [0.717, 1.165) is 16.1 Å². The summed E-state index contributed by atoms with van der Waals surface area (Å²) in [6.45, 7) is 1.76. The van der Waals surface area contributed by atoms with Gasteiger partial charge in [0.15, 0.2) is 9.84 Å². The van der Waals surface area contributed by atoms with Crippen molar-refractivity contribution in [1.82, 2.24) is 9.62 Å². The lowest BCUT2D eigenvalue weighted by Gasteiger charge is -2.16. The van der Waals surface area contributed by atoms with Crippen LogP contribution in [0.25, 0.3) is 0 Å². The molecular formula is C18H22N2O5S2. The smallest absolute Gasteiger partial charge is 0.251 e. The molecule has 0 aliphatic rings. The first-order valence-corrected chi connectivity index (χ1v) is 11.4. The molecule has 7 nitrogen and oxygen atoms in total. The lowest BCUT2D eigenvalue weighted by molar-refractivity contribution is 0.0939. The van der Waals surface area contributed by atoms with Gasteiger partial charge in [-0.25, -0.2) is 21.1 Å². The Balaban J connectivity index is 2.20. The molecule has 27 heavy (non-hydrogen) atoms. The summed E-state index contributed by atoms with van der Waals surface area (Å²) in [5.74, 6) is -0.425. The van der Waals surface area contributed by atoms with Gasteiger partial charge in [-0.15, -0.1) is 0 Å². The fourth-order valence-electron chi connectivity index (χ4n) is 2.38. The Labute approximate surface area is 160 Å². The quantitative estimate of drug-likeness (QED) is 0.783. The van der Waals surface area contributed by atoms with Crippen molar-refractivity contribution in [2.75, 3.05) is 20.4 Å². The van der Waals surface area contributed by atoms with Crippen LogP contribution in [-0.4, -0.2) is 47.4 Å². The summed E-state index contributed by atoms with van der Waals surface area (Å²) >= 11 is 0. The van der Waals surface area contributed by atoms with Gasteiger partial charge in [-0.1, -0.05) is 18.2 Å². The zero-order valence-electron chi connectivity index (χ0n) is 15.5. The van der Waals surface area contributed by atoms with Gasteiger partial charge >= 0.3 is 0 Å².